The normalized spacial score (nSPS) is 19.1. The third-order valence-corrected chi connectivity index (χ3v) is 6.19. The Balaban J connectivity index is 1.22. The molecule has 1 aromatic heterocycles. The number of nitrogens with one attached hydrogen (secondary N) is 1. The second-order valence-electron chi connectivity index (χ2n) is 8.82. The van der Waals surface area contributed by atoms with Crippen molar-refractivity contribution in [3.05, 3.63) is 54.2 Å². The summed E-state index contributed by atoms with van der Waals surface area (Å²) >= 11 is 0. The molecule has 2 N–H and O–H groups in total. The fourth-order valence-electron chi connectivity index (χ4n) is 4.45. The molecule has 8 heteroatoms. The molecule has 2 fully saturated rings. The molecular weight excluding hydrogens is 418 g/mol. The number of aliphatic hydroxyl groups is 1. The molecule has 1 unspecified atom stereocenters. The average molecular weight is 454 g/mol. The Bertz CT molecular complexity index is 858. The Labute approximate surface area is 196 Å². The molecule has 2 aliphatic rings. The molecule has 8 nitrogen and oxygen atoms in total. The molecule has 3 heterocycles. The molecule has 0 saturated carbocycles. The Morgan fingerprint density at radius 2 is 1.73 bits per heavy atom. The van der Waals surface area contributed by atoms with Crippen LogP contribution in [0.2, 0.25) is 0 Å². The Kier molecular flexibility index (Phi) is 8.65. The van der Waals surface area contributed by atoms with Gasteiger partial charge in [0.05, 0.1) is 37.6 Å². The van der Waals surface area contributed by atoms with Crippen LogP contribution in [0.15, 0.2) is 48.7 Å². The number of ether oxygens (including phenoxy) is 1. The number of rotatable bonds is 8. The lowest BCUT2D eigenvalue weighted by molar-refractivity contribution is -0.115. The molecular formula is C25H35N5O3. The zero-order valence-corrected chi connectivity index (χ0v) is 19.2. The molecule has 33 heavy (non-hydrogen) atoms. The van der Waals surface area contributed by atoms with Crippen LogP contribution in [0.1, 0.15) is 12.0 Å². The minimum Gasteiger partial charge on any atom is -0.390 e. The van der Waals surface area contributed by atoms with Crippen molar-refractivity contribution in [3.8, 4) is 0 Å². The molecule has 4 rings (SSSR count). The largest absolute Gasteiger partial charge is 0.390 e. The number of hydrogen-bond acceptors (Lipinski definition) is 7. The Morgan fingerprint density at radius 3 is 2.45 bits per heavy atom. The van der Waals surface area contributed by atoms with E-state index in [0.717, 1.165) is 70.3 Å². The van der Waals surface area contributed by atoms with Gasteiger partial charge in [0, 0.05) is 45.8 Å². The summed E-state index contributed by atoms with van der Waals surface area (Å²) in [6.45, 7) is 8.41. The molecule has 2 aromatic rings. The molecule has 2 aliphatic heterocycles. The van der Waals surface area contributed by atoms with Crippen LogP contribution in [0.25, 0.3) is 0 Å². The first-order valence-corrected chi connectivity index (χ1v) is 11.9. The topological polar surface area (TPSA) is 81.2 Å². The molecule has 0 spiro atoms. The summed E-state index contributed by atoms with van der Waals surface area (Å²) in [4.78, 5) is 23.8. The third kappa shape index (κ3) is 7.50. The van der Waals surface area contributed by atoms with E-state index in [-0.39, 0.29) is 12.0 Å². The maximum Gasteiger partial charge on any atom is 0.228 e. The molecule has 0 bridgehead atoms. The monoisotopic (exact) mass is 453 g/mol. The van der Waals surface area contributed by atoms with Crippen molar-refractivity contribution in [2.45, 2.75) is 18.9 Å². The number of carbonyl (C=O) groups excluding carboxylic acids is 1. The summed E-state index contributed by atoms with van der Waals surface area (Å²) in [6.07, 6.45) is 2.77. The van der Waals surface area contributed by atoms with Gasteiger partial charge in [-0.25, -0.2) is 4.98 Å². The number of aromatic nitrogens is 1. The van der Waals surface area contributed by atoms with Gasteiger partial charge in [0.2, 0.25) is 5.91 Å². The average Bonchev–Trinajstić information content (AvgIpc) is 3.06. The van der Waals surface area contributed by atoms with E-state index in [2.05, 4.69) is 25.0 Å². The van der Waals surface area contributed by atoms with Crippen LogP contribution >= 0.6 is 0 Å². The van der Waals surface area contributed by atoms with Gasteiger partial charge in [-0.2, -0.15) is 0 Å². The number of hydrogen-bond donors (Lipinski definition) is 2. The third-order valence-electron chi connectivity index (χ3n) is 6.19. The molecule has 1 aromatic carbocycles. The van der Waals surface area contributed by atoms with Gasteiger partial charge < -0.3 is 20.1 Å². The van der Waals surface area contributed by atoms with Crippen molar-refractivity contribution in [1.82, 2.24) is 14.8 Å². The number of pyridine rings is 1. The molecule has 0 radical (unpaired) electrons. The van der Waals surface area contributed by atoms with E-state index >= 15 is 0 Å². The minimum absolute atomic E-state index is 0.0446. The SMILES string of the molecule is O=C(Cc1ccccc1)Nc1ccc(N2CCCN(CC(O)CN3CCOCC3)CC2)nc1. The number of aliphatic hydroxyl groups excluding tert-OH is 1. The summed E-state index contributed by atoms with van der Waals surface area (Å²) in [5.74, 6) is 0.878. The van der Waals surface area contributed by atoms with Gasteiger partial charge in [0.1, 0.15) is 5.82 Å². The minimum atomic E-state index is -0.341. The standard InChI is InChI=1S/C25H35N5O3/c31-23(20-29-13-15-33-16-14-29)19-28-9-4-10-30(12-11-28)24-8-7-22(18-26-24)27-25(32)17-21-5-2-1-3-6-21/h1-3,5-8,18,23,31H,4,9-17,19-20H2,(H,27,32). The first kappa shape index (κ1) is 23.6. The fraction of sp³-hybridized carbons (Fsp3) is 0.520. The van der Waals surface area contributed by atoms with Gasteiger partial charge >= 0.3 is 0 Å². The lowest BCUT2D eigenvalue weighted by Crippen LogP contribution is -2.45. The second kappa shape index (κ2) is 12.1. The van der Waals surface area contributed by atoms with Crippen LogP contribution in [0.5, 0.6) is 0 Å². The van der Waals surface area contributed by atoms with Crippen molar-refractivity contribution in [2.24, 2.45) is 0 Å². The van der Waals surface area contributed by atoms with Crippen LogP contribution < -0.4 is 10.2 Å². The molecule has 1 amide bonds. The number of benzene rings is 1. The Hall–Kier alpha value is -2.52. The first-order valence-electron chi connectivity index (χ1n) is 11.9. The van der Waals surface area contributed by atoms with E-state index in [0.29, 0.717) is 25.2 Å². The van der Waals surface area contributed by atoms with Crippen molar-refractivity contribution >= 4 is 17.4 Å². The fourth-order valence-corrected chi connectivity index (χ4v) is 4.45. The quantitative estimate of drug-likeness (QED) is 0.626. The van der Waals surface area contributed by atoms with E-state index in [9.17, 15) is 9.90 Å². The van der Waals surface area contributed by atoms with Crippen LogP contribution in [-0.2, 0) is 16.0 Å². The van der Waals surface area contributed by atoms with Crippen molar-refractivity contribution in [3.63, 3.8) is 0 Å². The summed E-state index contributed by atoms with van der Waals surface area (Å²) in [5.41, 5.74) is 1.70. The van der Waals surface area contributed by atoms with Crippen molar-refractivity contribution < 1.29 is 14.6 Å². The van der Waals surface area contributed by atoms with Crippen LogP contribution in [0, 0.1) is 0 Å². The highest BCUT2D eigenvalue weighted by molar-refractivity contribution is 5.92. The van der Waals surface area contributed by atoms with Crippen molar-refractivity contribution in [1.29, 1.82) is 0 Å². The lowest BCUT2D eigenvalue weighted by atomic mass is 10.1. The van der Waals surface area contributed by atoms with E-state index in [1.165, 1.54) is 0 Å². The van der Waals surface area contributed by atoms with Gasteiger partial charge in [-0.15, -0.1) is 0 Å². The van der Waals surface area contributed by atoms with Crippen LogP contribution in [0.3, 0.4) is 0 Å². The highest BCUT2D eigenvalue weighted by atomic mass is 16.5. The number of carbonyl (C=O) groups is 1. The van der Waals surface area contributed by atoms with Gasteiger partial charge in [-0.3, -0.25) is 14.6 Å². The van der Waals surface area contributed by atoms with E-state index in [1.54, 1.807) is 6.20 Å². The maximum atomic E-state index is 12.3. The van der Waals surface area contributed by atoms with E-state index in [1.807, 2.05) is 42.5 Å². The summed E-state index contributed by atoms with van der Waals surface area (Å²) in [6, 6.07) is 13.6. The zero-order valence-electron chi connectivity index (χ0n) is 19.2. The summed E-state index contributed by atoms with van der Waals surface area (Å²) in [5, 5.41) is 13.5. The highest BCUT2D eigenvalue weighted by Gasteiger charge is 2.20. The van der Waals surface area contributed by atoms with Crippen LogP contribution in [-0.4, -0.2) is 97.5 Å². The second-order valence-corrected chi connectivity index (χ2v) is 8.82. The number of anilines is 2. The molecule has 178 valence electrons. The number of nitrogens with zero attached hydrogens (tertiary/aromatic N) is 4. The van der Waals surface area contributed by atoms with E-state index < -0.39 is 0 Å². The predicted molar refractivity (Wildman–Crippen MR) is 130 cm³/mol. The molecule has 1 atom stereocenters. The number of β-amino-alcohol motifs (C(OH)–C–C–N with tert-alkyl or cyclic N) is 1. The highest BCUT2D eigenvalue weighted by Crippen LogP contribution is 2.17. The predicted octanol–water partition coefficient (Wildman–Crippen LogP) is 1.47. The molecule has 2 saturated heterocycles. The van der Waals surface area contributed by atoms with Gasteiger partial charge in [-0.1, -0.05) is 30.3 Å². The Morgan fingerprint density at radius 1 is 0.970 bits per heavy atom. The number of morpholine rings is 1. The molecule has 0 aliphatic carbocycles. The van der Waals surface area contributed by atoms with Gasteiger partial charge in [0.25, 0.3) is 0 Å². The van der Waals surface area contributed by atoms with Crippen LogP contribution in [0.4, 0.5) is 11.5 Å². The summed E-state index contributed by atoms with van der Waals surface area (Å²) in [7, 11) is 0. The van der Waals surface area contributed by atoms with E-state index in [4.69, 9.17) is 4.74 Å². The zero-order chi connectivity index (χ0) is 22.9. The first-order chi connectivity index (χ1) is 16.2. The smallest absolute Gasteiger partial charge is 0.228 e. The lowest BCUT2D eigenvalue weighted by Gasteiger charge is -2.30. The van der Waals surface area contributed by atoms with Crippen molar-refractivity contribution in [2.75, 3.05) is 75.8 Å². The number of amides is 1. The van der Waals surface area contributed by atoms with Gasteiger partial charge in [0.15, 0.2) is 0 Å². The summed E-state index contributed by atoms with van der Waals surface area (Å²) < 4.78 is 5.39. The maximum absolute atomic E-state index is 12.3. The van der Waals surface area contributed by atoms with Gasteiger partial charge in [-0.05, 0) is 30.7 Å².